The number of ether oxygens (including phenoxy) is 5. The Morgan fingerprint density at radius 2 is 1.73 bits per heavy atom. The molecule has 6 rings (SSSR count). The van der Waals surface area contributed by atoms with E-state index >= 15 is 0 Å². The van der Waals surface area contributed by atoms with Gasteiger partial charge in [0.15, 0.2) is 5.78 Å². The number of primary amides is 1. The molecule has 20 nitrogen and oxygen atoms in total. The number of amides is 4. The molecule has 7 N–H and O–H groups in total. The number of aliphatic hydroxyl groups excluding tert-OH is 1. The quantitative estimate of drug-likeness (QED) is 0.0371. The molecule has 0 bridgehead atoms. The van der Waals surface area contributed by atoms with Crippen LogP contribution in [-0.4, -0.2) is 100 Å². The van der Waals surface area contributed by atoms with Crippen LogP contribution in [0.3, 0.4) is 0 Å². The number of nitrogens with two attached hydrogens (primary N) is 1. The number of ketones is 1. The molecule has 5 atom stereocenters. The second-order valence-corrected chi connectivity index (χ2v) is 16.1. The summed E-state index contributed by atoms with van der Waals surface area (Å²) in [6.45, 7) is 8.63. The first kappa shape index (κ1) is 48.5. The highest BCUT2D eigenvalue weighted by atomic mass is 16.7. The minimum Gasteiger partial charge on any atom is -0.490 e. The van der Waals surface area contributed by atoms with Crippen molar-refractivity contribution in [2.75, 3.05) is 32.2 Å². The lowest BCUT2D eigenvalue weighted by atomic mass is 9.84. The maximum atomic E-state index is 13.6. The van der Waals surface area contributed by atoms with Crippen LogP contribution in [0.15, 0.2) is 71.7 Å². The van der Waals surface area contributed by atoms with Gasteiger partial charge in [-0.1, -0.05) is 32.6 Å². The third kappa shape index (κ3) is 11.1. The number of anilines is 1. The number of Topliss-reactive ketones (excluding diaryl/α,β-unsaturated/α-hetero) is 1. The molecule has 2 aromatic heterocycles. The number of rotatable bonds is 20. The molecule has 2 aliphatic rings. The van der Waals surface area contributed by atoms with Gasteiger partial charge in [-0.15, -0.1) is 0 Å². The second-order valence-electron chi connectivity index (χ2n) is 16.1. The fraction of sp³-hybridized carbons (Fsp3) is 0.391. The molecule has 0 radical (unpaired) electrons. The molecule has 66 heavy (non-hydrogen) atoms. The number of hydrogen-bond donors (Lipinski definition) is 6. The molecule has 4 aromatic rings. The van der Waals surface area contributed by atoms with Crippen molar-refractivity contribution in [3.8, 4) is 17.1 Å². The number of carbonyl (C=O) groups is 6. The maximum Gasteiger partial charge on any atom is 0.514 e. The summed E-state index contributed by atoms with van der Waals surface area (Å²) in [6, 6.07) is 11.5. The van der Waals surface area contributed by atoms with Crippen LogP contribution in [0.25, 0.3) is 22.3 Å². The van der Waals surface area contributed by atoms with Crippen molar-refractivity contribution in [2.24, 2.45) is 11.7 Å². The summed E-state index contributed by atoms with van der Waals surface area (Å²) in [5, 5.41) is 29.6. The number of nitrogens with zero attached hydrogens (tertiary/aromatic N) is 2. The third-order valence-corrected chi connectivity index (χ3v) is 11.2. The SMILES string of the molecule is C=C1OCc2c(cc3n(c2=O)Cc2cc4cc(OC(=O)OCc5ccc(NC(=O)[C@H](CC(N)=O)NC(=O)[C@@H](NC(=O)[C@H](C)CC(=O)COCCOC)C(C)O)cc5)ccc4nc2-3)[C@@]1(O)CC. The zero-order chi connectivity index (χ0) is 47.9. The topological polar surface area (TPSA) is 286 Å². The predicted molar refractivity (Wildman–Crippen MR) is 235 cm³/mol. The normalized spacial score (nSPS) is 16.6. The summed E-state index contributed by atoms with van der Waals surface area (Å²) in [4.78, 5) is 94.6. The number of aliphatic hydroxyl groups is 2. The number of hydrogen-bond acceptors (Lipinski definition) is 15. The van der Waals surface area contributed by atoms with Crippen LogP contribution in [0, 0.1) is 5.92 Å². The Kier molecular flexibility index (Phi) is 15.3. The van der Waals surface area contributed by atoms with Crippen LogP contribution in [0.1, 0.15) is 62.3 Å². The van der Waals surface area contributed by atoms with Gasteiger partial charge in [-0.05, 0) is 61.4 Å². The fourth-order valence-electron chi connectivity index (χ4n) is 7.52. The van der Waals surface area contributed by atoms with Gasteiger partial charge in [-0.2, -0.15) is 0 Å². The Morgan fingerprint density at radius 3 is 2.41 bits per heavy atom. The first-order chi connectivity index (χ1) is 31.4. The molecule has 0 fully saturated rings. The molecule has 2 aromatic carbocycles. The largest absolute Gasteiger partial charge is 0.514 e. The number of aromatic nitrogens is 2. The van der Waals surface area contributed by atoms with Crippen molar-refractivity contribution in [2.45, 2.75) is 83.6 Å². The predicted octanol–water partition coefficient (Wildman–Crippen LogP) is 2.20. The van der Waals surface area contributed by atoms with Gasteiger partial charge in [0, 0.05) is 41.6 Å². The van der Waals surface area contributed by atoms with E-state index in [1.54, 1.807) is 47.9 Å². The second kappa shape index (κ2) is 20.9. The summed E-state index contributed by atoms with van der Waals surface area (Å²) in [6.07, 6.45) is -2.99. The van der Waals surface area contributed by atoms with Gasteiger partial charge in [-0.3, -0.25) is 28.8 Å². The van der Waals surface area contributed by atoms with Crippen LogP contribution < -0.4 is 32.0 Å². The Bertz CT molecular complexity index is 2610. The first-order valence-corrected chi connectivity index (χ1v) is 21.1. The average Bonchev–Trinajstić information content (AvgIpc) is 3.64. The molecular weight excluding hydrogens is 861 g/mol. The van der Waals surface area contributed by atoms with Gasteiger partial charge in [-0.25, -0.2) is 9.78 Å². The van der Waals surface area contributed by atoms with E-state index in [1.165, 1.54) is 33.1 Å². The van der Waals surface area contributed by atoms with Crippen molar-refractivity contribution in [3.63, 3.8) is 0 Å². The van der Waals surface area contributed by atoms with E-state index in [0.29, 0.717) is 39.0 Å². The van der Waals surface area contributed by atoms with E-state index < -0.39 is 65.9 Å². The molecule has 0 saturated heterocycles. The smallest absolute Gasteiger partial charge is 0.490 e. The monoisotopic (exact) mass is 912 g/mol. The molecule has 1 unspecified atom stereocenters. The molecule has 0 saturated carbocycles. The fourth-order valence-corrected chi connectivity index (χ4v) is 7.52. The van der Waals surface area contributed by atoms with Crippen LogP contribution in [0.2, 0.25) is 0 Å². The highest BCUT2D eigenvalue weighted by molar-refractivity contribution is 6.01. The van der Waals surface area contributed by atoms with Gasteiger partial charge in [0.05, 0.1) is 54.8 Å². The van der Waals surface area contributed by atoms with Gasteiger partial charge in [0.1, 0.15) is 49.0 Å². The molecule has 0 aliphatic carbocycles. The summed E-state index contributed by atoms with van der Waals surface area (Å²) in [5.41, 5.74) is 7.66. The highest BCUT2D eigenvalue weighted by Crippen LogP contribution is 2.42. The molecule has 350 valence electrons. The number of methoxy groups -OCH3 is 1. The van der Waals surface area contributed by atoms with Crippen LogP contribution in [0.4, 0.5) is 10.5 Å². The van der Waals surface area contributed by atoms with Crippen molar-refractivity contribution >= 4 is 52.2 Å². The van der Waals surface area contributed by atoms with Crippen LogP contribution in [-0.2, 0) is 68.3 Å². The Morgan fingerprint density at radius 1 is 0.985 bits per heavy atom. The van der Waals surface area contributed by atoms with E-state index in [2.05, 4.69) is 22.5 Å². The van der Waals surface area contributed by atoms with Gasteiger partial charge in [0.25, 0.3) is 5.56 Å². The van der Waals surface area contributed by atoms with E-state index in [4.69, 9.17) is 34.4 Å². The van der Waals surface area contributed by atoms with Gasteiger partial charge < -0.3 is 60.1 Å². The van der Waals surface area contributed by atoms with Crippen molar-refractivity contribution in [1.29, 1.82) is 0 Å². The van der Waals surface area contributed by atoms with Crippen molar-refractivity contribution in [3.05, 3.63) is 99.5 Å². The molecule has 0 spiro atoms. The highest BCUT2D eigenvalue weighted by Gasteiger charge is 2.41. The molecule has 4 amide bonds. The van der Waals surface area contributed by atoms with E-state index in [1.807, 2.05) is 6.07 Å². The van der Waals surface area contributed by atoms with Crippen molar-refractivity contribution < 1.29 is 62.7 Å². The molecular formula is C46H52N6O14. The lowest BCUT2D eigenvalue weighted by Gasteiger charge is -2.35. The standard InChI is InChI=1S/C46H52N6O14/c1-6-46(61)26(4)64-23-33-34(46)18-37-40-29(20-52(37)44(33)59)16-28-17-32(11-12-35(28)49-40)66-45(60)65-21-27-7-9-30(10-8-27)48-42(57)36(19-38(47)55)50-43(58)39(25(3)53)51-41(56)24(2)15-31(54)22-63-14-13-62-5/h7-12,16-18,24-25,36,39,53,61H,4,6,13-15,19-23H2,1-3,5H3,(H2,47,55)(H,48,57)(H,50,58)(H,51,56)/t24-,25?,36+,39+,46-/m1/s1. The molecule has 4 heterocycles. The third-order valence-electron chi connectivity index (χ3n) is 11.2. The Hall–Kier alpha value is -7.00. The van der Waals surface area contributed by atoms with Gasteiger partial charge >= 0.3 is 6.16 Å². The summed E-state index contributed by atoms with van der Waals surface area (Å²) < 4.78 is 28.0. The zero-order valence-electron chi connectivity index (χ0n) is 36.8. The van der Waals surface area contributed by atoms with Gasteiger partial charge in [0.2, 0.25) is 23.6 Å². The molecule has 2 aliphatic heterocycles. The number of pyridine rings is 2. The summed E-state index contributed by atoms with van der Waals surface area (Å²) in [7, 11) is 1.48. The minimum absolute atomic E-state index is 0.00428. The Labute approximate surface area is 378 Å². The zero-order valence-corrected chi connectivity index (χ0v) is 36.8. The summed E-state index contributed by atoms with van der Waals surface area (Å²) in [5.74, 6) is -4.34. The van der Waals surface area contributed by atoms with Crippen molar-refractivity contribution in [1.82, 2.24) is 20.2 Å². The van der Waals surface area contributed by atoms with Crippen LogP contribution in [0.5, 0.6) is 5.75 Å². The first-order valence-electron chi connectivity index (χ1n) is 21.1. The minimum atomic E-state index is -1.55. The summed E-state index contributed by atoms with van der Waals surface area (Å²) >= 11 is 0. The lowest BCUT2D eigenvalue weighted by molar-refractivity contribution is -0.136. The van der Waals surface area contributed by atoms with Crippen LogP contribution >= 0.6 is 0 Å². The van der Waals surface area contributed by atoms with E-state index in [0.717, 1.165) is 5.56 Å². The van der Waals surface area contributed by atoms with E-state index in [-0.39, 0.29) is 81.0 Å². The number of nitrogens with one attached hydrogen (secondary N) is 3. The number of fused-ring (bicyclic) bond motifs is 5. The molecule has 20 heteroatoms. The lowest BCUT2D eigenvalue weighted by Crippen LogP contribution is -2.57. The Balaban J connectivity index is 1.02. The number of benzene rings is 2. The number of carbonyl (C=O) groups excluding carboxylic acids is 6. The average molecular weight is 913 g/mol. The van der Waals surface area contributed by atoms with E-state index in [9.17, 15) is 43.8 Å². The maximum absolute atomic E-state index is 13.6.